The highest BCUT2D eigenvalue weighted by Gasteiger charge is 2.10. The molecule has 0 aliphatic heterocycles. The van der Waals surface area contributed by atoms with Gasteiger partial charge in [0, 0.05) is 17.3 Å². The van der Waals surface area contributed by atoms with Gasteiger partial charge in [-0.05, 0) is 40.6 Å². The first-order valence-corrected chi connectivity index (χ1v) is 9.84. The van der Waals surface area contributed by atoms with Gasteiger partial charge in [0.05, 0.1) is 13.0 Å². The van der Waals surface area contributed by atoms with E-state index in [1.165, 1.54) is 6.08 Å². The van der Waals surface area contributed by atoms with Gasteiger partial charge in [-0.25, -0.2) is 0 Å². The number of benzene rings is 3. The topological polar surface area (TPSA) is 84.2 Å². The molecule has 0 aliphatic carbocycles. The summed E-state index contributed by atoms with van der Waals surface area (Å²) >= 11 is 0. The number of hydrogen-bond acceptors (Lipinski definition) is 4. The van der Waals surface area contributed by atoms with E-state index in [1.807, 2.05) is 42.5 Å². The minimum absolute atomic E-state index is 0.151. The van der Waals surface area contributed by atoms with Crippen LogP contribution in [0.25, 0.3) is 22.1 Å². The Kier molecular flexibility index (Phi) is 5.89. The first kappa shape index (κ1) is 20.1. The molecule has 0 unspecified atom stereocenters. The number of amides is 2. The highest BCUT2D eigenvalue weighted by molar-refractivity contribution is 5.99. The molecule has 154 valence electrons. The fourth-order valence-electron chi connectivity index (χ4n) is 3.26. The molecule has 4 aromatic rings. The fourth-order valence-corrected chi connectivity index (χ4v) is 3.26. The van der Waals surface area contributed by atoms with E-state index < -0.39 is 0 Å². The molecular formula is C25H21N3O3. The van der Waals surface area contributed by atoms with Gasteiger partial charge in [0.25, 0.3) is 0 Å². The van der Waals surface area contributed by atoms with Crippen LogP contribution in [0.5, 0.6) is 0 Å². The monoisotopic (exact) mass is 411 g/mol. The highest BCUT2D eigenvalue weighted by atomic mass is 16.5. The maximum absolute atomic E-state index is 12.3. The summed E-state index contributed by atoms with van der Waals surface area (Å²) in [6.45, 7) is 3.69. The number of nitrogens with zero attached hydrogens (tertiary/aromatic N) is 1. The van der Waals surface area contributed by atoms with Crippen molar-refractivity contribution in [3.8, 4) is 11.3 Å². The Morgan fingerprint density at radius 3 is 2.65 bits per heavy atom. The standard InChI is InChI=1S/C25H21N3O3/c1-2-24(29)27-21-9-5-6-17(12-21)13-25(30)26-16-22-15-23(31-28-22)20-11-10-18-7-3-4-8-19(18)14-20/h2-12,14-15H,1,13,16H2,(H,26,30)(H,27,29). The third-order valence-corrected chi connectivity index (χ3v) is 4.80. The summed E-state index contributed by atoms with van der Waals surface area (Å²) in [5.41, 5.74) is 2.98. The summed E-state index contributed by atoms with van der Waals surface area (Å²) in [5.74, 6) is 0.206. The van der Waals surface area contributed by atoms with Gasteiger partial charge in [-0.2, -0.15) is 0 Å². The second-order valence-corrected chi connectivity index (χ2v) is 7.09. The third kappa shape index (κ3) is 5.05. The maximum Gasteiger partial charge on any atom is 0.247 e. The largest absolute Gasteiger partial charge is 0.356 e. The summed E-state index contributed by atoms with van der Waals surface area (Å²) < 4.78 is 5.46. The van der Waals surface area contributed by atoms with E-state index in [4.69, 9.17) is 4.52 Å². The zero-order valence-corrected chi connectivity index (χ0v) is 16.8. The predicted molar refractivity (Wildman–Crippen MR) is 120 cm³/mol. The normalized spacial score (nSPS) is 10.6. The summed E-state index contributed by atoms with van der Waals surface area (Å²) in [4.78, 5) is 23.7. The predicted octanol–water partition coefficient (Wildman–Crippen LogP) is 4.48. The number of rotatable bonds is 7. The molecule has 31 heavy (non-hydrogen) atoms. The van der Waals surface area contributed by atoms with Gasteiger partial charge in [-0.3, -0.25) is 9.59 Å². The Bertz CT molecular complexity index is 1260. The molecule has 6 nitrogen and oxygen atoms in total. The molecule has 0 spiro atoms. The molecular weight excluding hydrogens is 390 g/mol. The van der Waals surface area contributed by atoms with Gasteiger partial charge in [0.1, 0.15) is 5.69 Å². The fraction of sp³-hybridized carbons (Fsp3) is 0.0800. The molecule has 0 atom stereocenters. The minimum atomic E-state index is -0.296. The molecule has 0 saturated carbocycles. The Labute approximate surface area is 179 Å². The van der Waals surface area contributed by atoms with Crippen LogP contribution in [-0.4, -0.2) is 17.0 Å². The van der Waals surface area contributed by atoms with Crippen molar-refractivity contribution in [1.82, 2.24) is 10.5 Å². The third-order valence-electron chi connectivity index (χ3n) is 4.80. The van der Waals surface area contributed by atoms with Crippen molar-refractivity contribution in [3.63, 3.8) is 0 Å². The van der Waals surface area contributed by atoms with Crippen LogP contribution in [0, 0.1) is 0 Å². The highest BCUT2D eigenvalue weighted by Crippen LogP contribution is 2.25. The van der Waals surface area contributed by atoms with Crippen LogP contribution in [0.3, 0.4) is 0 Å². The quantitative estimate of drug-likeness (QED) is 0.439. The molecule has 0 bridgehead atoms. The van der Waals surface area contributed by atoms with Crippen LogP contribution in [-0.2, 0) is 22.6 Å². The van der Waals surface area contributed by atoms with Gasteiger partial charge in [-0.15, -0.1) is 0 Å². The number of anilines is 1. The minimum Gasteiger partial charge on any atom is -0.356 e. The molecule has 3 aromatic carbocycles. The van der Waals surface area contributed by atoms with Gasteiger partial charge < -0.3 is 15.2 Å². The lowest BCUT2D eigenvalue weighted by molar-refractivity contribution is -0.120. The van der Waals surface area contributed by atoms with Crippen molar-refractivity contribution in [2.45, 2.75) is 13.0 Å². The Hall–Kier alpha value is -4.19. The number of hydrogen-bond donors (Lipinski definition) is 2. The Morgan fingerprint density at radius 1 is 0.968 bits per heavy atom. The van der Waals surface area contributed by atoms with Crippen LogP contribution in [0.1, 0.15) is 11.3 Å². The second-order valence-electron chi connectivity index (χ2n) is 7.09. The number of carbonyl (C=O) groups is 2. The molecule has 0 aliphatic rings. The van der Waals surface area contributed by atoms with Crippen LogP contribution in [0.2, 0.25) is 0 Å². The average Bonchev–Trinajstić information content (AvgIpc) is 3.27. The van der Waals surface area contributed by atoms with Crippen LogP contribution < -0.4 is 10.6 Å². The van der Waals surface area contributed by atoms with Gasteiger partial charge in [0.15, 0.2) is 5.76 Å². The smallest absolute Gasteiger partial charge is 0.247 e. The van der Waals surface area contributed by atoms with E-state index in [9.17, 15) is 9.59 Å². The molecule has 6 heteroatoms. The second kappa shape index (κ2) is 9.09. The van der Waals surface area contributed by atoms with Crippen molar-refractivity contribution in [2.24, 2.45) is 0 Å². The van der Waals surface area contributed by atoms with Crippen molar-refractivity contribution < 1.29 is 14.1 Å². The molecule has 0 fully saturated rings. The zero-order valence-electron chi connectivity index (χ0n) is 16.8. The van der Waals surface area contributed by atoms with Gasteiger partial charge in [0.2, 0.25) is 11.8 Å². The average molecular weight is 411 g/mol. The van der Waals surface area contributed by atoms with Crippen molar-refractivity contribution >= 4 is 28.3 Å². The number of aromatic nitrogens is 1. The lowest BCUT2D eigenvalue weighted by Crippen LogP contribution is -2.24. The molecule has 1 aromatic heterocycles. The maximum atomic E-state index is 12.3. The van der Waals surface area contributed by atoms with Crippen molar-refractivity contribution in [1.29, 1.82) is 0 Å². The van der Waals surface area contributed by atoms with E-state index in [0.717, 1.165) is 21.9 Å². The molecule has 4 rings (SSSR count). The zero-order chi connectivity index (χ0) is 21.6. The number of fused-ring (bicyclic) bond motifs is 1. The summed E-state index contributed by atoms with van der Waals surface area (Å²) in [6, 6.07) is 23.2. The summed E-state index contributed by atoms with van der Waals surface area (Å²) in [7, 11) is 0. The van der Waals surface area contributed by atoms with Crippen molar-refractivity contribution in [2.75, 3.05) is 5.32 Å². The van der Waals surface area contributed by atoms with Gasteiger partial charge in [-0.1, -0.05) is 60.3 Å². The summed E-state index contributed by atoms with van der Waals surface area (Å²) in [5, 5.41) is 11.9. The Morgan fingerprint density at radius 2 is 1.81 bits per heavy atom. The first-order chi connectivity index (χ1) is 15.1. The van der Waals surface area contributed by atoms with Crippen LogP contribution >= 0.6 is 0 Å². The van der Waals surface area contributed by atoms with E-state index in [1.54, 1.807) is 18.2 Å². The number of carbonyl (C=O) groups excluding carboxylic acids is 2. The Balaban J connectivity index is 1.36. The lowest BCUT2D eigenvalue weighted by Gasteiger charge is -2.06. The van der Waals surface area contributed by atoms with Crippen LogP contribution in [0.4, 0.5) is 5.69 Å². The molecule has 2 N–H and O–H groups in total. The van der Waals surface area contributed by atoms with E-state index >= 15 is 0 Å². The van der Waals surface area contributed by atoms with E-state index in [2.05, 4.69) is 34.5 Å². The molecule has 1 heterocycles. The summed E-state index contributed by atoms with van der Waals surface area (Å²) in [6.07, 6.45) is 1.39. The van der Waals surface area contributed by atoms with Crippen LogP contribution in [0.15, 0.2) is 90.0 Å². The molecule has 0 radical (unpaired) electrons. The van der Waals surface area contributed by atoms with E-state index in [-0.39, 0.29) is 24.8 Å². The lowest BCUT2D eigenvalue weighted by atomic mass is 10.1. The number of nitrogens with one attached hydrogen (secondary N) is 2. The van der Waals surface area contributed by atoms with Gasteiger partial charge >= 0.3 is 0 Å². The first-order valence-electron chi connectivity index (χ1n) is 9.84. The van der Waals surface area contributed by atoms with E-state index in [0.29, 0.717) is 17.1 Å². The van der Waals surface area contributed by atoms with Crippen molar-refractivity contribution in [3.05, 3.63) is 96.7 Å². The molecule has 2 amide bonds. The molecule has 0 saturated heterocycles. The SMILES string of the molecule is C=CC(=O)Nc1cccc(CC(=O)NCc2cc(-c3ccc4ccccc4c3)on2)c1.